The third-order valence-electron chi connectivity index (χ3n) is 4.82. The summed E-state index contributed by atoms with van der Waals surface area (Å²) in [7, 11) is 1.44. The molecule has 2 N–H and O–H groups in total. The van der Waals surface area contributed by atoms with E-state index in [1.807, 2.05) is 0 Å². The van der Waals surface area contributed by atoms with Gasteiger partial charge in [0.05, 0.1) is 11.8 Å². The number of carbonyl (C=O) groups is 1. The molecule has 0 bridgehead atoms. The van der Waals surface area contributed by atoms with Crippen LogP contribution in [0.4, 0.5) is 24.5 Å². The Balaban J connectivity index is 1.58. The van der Waals surface area contributed by atoms with Crippen LogP contribution in [0.1, 0.15) is 28.8 Å². The lowest BCUT2D eigenvalue weighted by atomic mass is 10.2. The second-order valence-electron chi connectivity index (χ2n) is 7.39. The van der Waals surface area contributed by atoms with Gasteiger partial charge >= 0.3 is 6.18 Å². The Bertz CT molecular complexity index is 1200. The quantitative estimate of drug-likeness (QED) is 0.595. The van der Waals surface area contributed by atoms with Gasteiger partial charge in [0.15, 0.2) is 11.4 Å². The highest BCUT2D eigenvalue weighted by molar-refractivity contribution is 5.95. The highest BCUT2D eigenvalue weighted by Crippen LogP contribution is 2.34. The Morgan fingerprint density at radius 2 is 1.88 bits per heavy atom. The summed E-state index contributed by atoms with van der Waals surface area (Å²) in [5.74, 6) is -0.305. The van der Waals surface area contributed by atoms with Crippen LogP contribution in [-0.2, 0) is 13.2 Å². The number of hydrogen-bond donors (Lipinski definition) is 2. The molecule has 1 amide bonds. The van der Waals surface area contributed by atoms with E-state index >= 15 is 0 Å². The largest absolute Gasteiger partial charge is 0.453 e. The Hall–Kier alpha value is -3.82. The van der Waals surface area contributed by atoms with Gasteiger partial charge in [-0.25, -0.2) is 4.68 Å². The molecular formula is C22H19F3N4O3. The second kappa shape index (κ2) is 8.37. The summed E-state index contributed by atoms with van der Waals surface area (Å²) in [6, 6.07) is 11.0. The topological polar surface area (TPSA) is 85.2 Å². The van der Waals surface area contributed by atoms with E-state index in [9.17, 15) is 22.8 Å². The second-order valence-corrected chi connectivity index (χ2v) is 7.39. The highest BCUT2D eigenvalue weighted by Gasteiger charge is 2.30. The van der Waals surface area contributed by atoms with E-state index in [1.54, 1.807) is 24.3 Å². The van der Waals surface area contributed by atoms with E-state index in [4.69, 9.17) is 4.74 Å². The number of benzene rings is 2. The molecule has 166 valence electrons. The zero-order valence-electron chi connectivity index (χ0n) is 16.9. The molecule has 2 aromatic carbocycles. The van der Waals surface area contributed by atoms with Crippen LogP contribution >= 0.6 is 0 Å². The van der Waals surface area contributed by atoms with Crippen molar-refractivity contribution >= 4 is 17.3 Å². The zero-order valence-corrected chi connectivity index (χ0v) is 16.9. The van der Waals surface area contributed by atoms with E-state index in [0.29, 0.717) is 11.3 Å². The Labute approximate surface area is 180 Å². The van der Waals surface area contributed by atoms with Gasteiger partial charge in [-0.2, -0.15) is 18.3 Å². The number of aryl methyl sites for hydroxylation is 1. The van der Waals surface area contributed by atoms with Crippen molar-refractivity contribution in [3.05, 3.63) is 76.2 Å². The predicted molar refractivity (Wildman–Crippen MR) is 111 cm³/mol. The van der Waals surface area contributed by atoms with Gasteiger partial charge in [-0.15, -0.1) is 0 Å². The molecule has 0 unspecified atom stereocenters. The van der Waals surface area contributed by atoms with Gasteiger partial charge in [-0.05, 0) is 55.3 Å². The van der Waals surface area contributed by atoms with E-state index in [0.717, 1.165) is 29.7 Å². The van der Waals surface area contributed by atoms with E-state index in [2.05, 4.69) is 15.7 Å². The monoisotopic (exact) mass is 444 g/mol. The lowest BCUT2D eigenvalue weighted by Gasteiger charge is -2.14. The molecule has 1 aromatic heterocycles. The van der Waals surface area contributed by atoms with Crippen LogP contribution in [-0.4, -0.2) is 21.7 Å². The number of nitrogens with one attached hydrogen (secondary N) is 2. The first-order chi connectivity index (χ1) is 15.2. The molecular weight excluding hydrogens is 425 g/mol. The molecule has 1 aliphatic rings. The number of carbonyl (C=O) groups excluding carboxylic acids is 1. The lowest BCUT2D eigenvalue weighted by Crippen LogP contribution is -2.25. The fourth-order valence-electron chi connectivity index (χ4n) is 2.92. The number of halogens is 3. The predicted octanol–water partition coefficient (Wildman–Crippen LogP) is 4.23. The van der Waals surface area contributed by atoms with Crippen molar-refractivity contribution in [3.63, 3.8) is 0 Å². The van der Waals surface area contributed by atoms with E-state index in [1.165, 1.54) is 25.4 Å². The maximum atomic E-state index is 13.0. The molecule has 0 aliphatic heterocycles. The van der Waals surface area contributed by atoms with Crippen molar-refractivity contribution in [1.82, 2.24) is 15.1 Å². The summed E-state index contributed by atoms with van der Waals surface area (Å²) in [6.45, 7) is 0. The minimum Gasteiger partial charge on any atom is -0.453 e. The fourth-order valence-corrected chi connectivity index (χ4v) is 2.92. The van der Waals surface area contributed by atoms with Crippen LogP contribution in [0.25, 0.3) is 0 Å². The number of amides is 1. The van der Waals surface area contributed by atoms with Gasteiger partial charge in [0.1, 0.15) is 5.75 Å². The molecule has 0 saturated heterocycles. The smallest absolute Gasteiger partial charge is 0.416 e. The average Bonchev–Trinajstić information content (AvgIpc) is 3.57. The number of ether oxygens (including phenoxy) is 1. The zero-order chi connectivity index (χ0) is 22.9. The Morgan fingerprint density at radius 1 is 1.16 bits per heavy atom. The standard InChI is InChI=1S/C22H19F3N4O3/c1-29-21(31)19(27-15-7-5-13(6-8-15)20(30)28-16-9-10-16)18(12-26-29)32-17-4-2-3-14(11-17)22(23,24)25/h2-8,11-12,16,27H,9-10H2,1H3,(H,28,30). The van der Waals surface area contributed by atoms with Gasteiger partial charge < -0.3 is 15.4 Å². The summed E-state index contributed by atoms with van der Waals surface area (Å²) in [4.78, 5) is 24.8. The number of nitrogens with zero attached hydrogens (tertiary/aromatic N) is 2. The van der Waals surface area contributed by atoms with Gasteiger partial charge in [0.25, 0.3) is 11.5 Å². The Kier molecular flexibility index (Phi) is 5.60. The highest BCUT2D eigenvalue weighted by atomic mass is 19.4. The van der Waals surface area contributed by atoms with Crippen molar-refractivity contribution in [2.45, 2.75) is 25.1 Å². The van der Waals surface area contributed by atoms with Crippen molar-refractivity contribution < 1.29 is 22.7 Å². The van der Waals surface area contributed by atoms with Crippen LogP contribution < -0.4 is 20.9 Å². The molecule has 10 heteroatoms. The fraction of sp³-hybridized carbons (Fsp3) is 0.227. The molecule has 0 atom stereocenters. The van der Waals surface area contributed by atoms with Crippen LogP contribution in [0.2, 0.25) is 0 Å². The lowest BCUT2D eigenvalue weighted by molar-refractivity contribution is -0.137. The molecule has 3 aromatic rings. The summed E-state index contributed by atoms with van der Waals surface area (Å²) in [5.41, 5.74) is -0.447. The SMILES string of the molecule is Cn1ncc(Oc2cccc(C(F)(F)F)c2)c(Nc2ccc(C(=O)NC3CC3)cc2)c1=O. The molecule has 32 heavy (non-hydrogen) atoms. The minimum atomic E-state index is -4.53. The van der Waals surface area contributed by atoms with E-state index in [-0.39, 0.29) is 29.1 Å². The first-order valence-corrected chi connectivity index (χ1v) is 9.80. The van der Waals surface area contributed by atoms with Gasteiger partial charge in [-0.1, -0.05) is 6.07 Å². The first-order valence-electron chi connectivity index (χ1n) is 9.80. The van der Waals surface area contributed by atoms with Crippen LogP contribution in [0.5, 0.6) is 11.5 Å². The maximum Gasteiger partial charge on any atom is 0.416 e. The summed E-state index contributed by atoms with van der Waals surface area (Å²) >= 11 is 0. The number of rotatable bonds is 6. The summed E-state index contributed by atoms with van der Waals surface area (Å²) in [6.07, 6.45) is -1.34. The molecule has 1 heterocycles. The molecule has 4 rings (SSSR count). The molecule has 0 radical (unpaired) electrons. The molecule has 1 aliphatic carbocycles. The normalized spacial score (nSPS) is 13.5. The summed E-state index contributed by atoms with van der Waals surface area (Å²) < 4.78 is 45.6. The van der Waals surface area contributed by atoms with Gasteiger partial charge in [-0.3, -0.25) is 9.59 Å². The van der Waals surface area contributed by atoms with Gasteiger partial charge in [0, 0.05) is 24.3 Å². The third kappa shape index (κ3) is 4.90. The van der Waals surface area contributed by atoms with E-state index < -0.39 is 17.3 Å². The van der Waals surface area contributed by atoms with Crippen LogP contribution in [0, 0.1) is 0 Å². The molecule has 0 spiro atoms. The van der Waals surface area contributed by atoms with Gasteiger partial charge in [0.2, 0.25) is 0 Å². The number of hydrogen-bond acceptors (Lipinski definition) is 5. The molecule has 1 fully saturated rings. The van der Waals surface area contributed by atoms with Crippen molar-refractivity contribution in [2.75, 3.05) is 5.32 Å². The van der Waals surface area contributed by atoms with Crippen LogP contribution in [0.3, 0.4) is 0 Å². The first kappa shape index (κ1) is 21.4. The maximum absolute atomic E-state index is 13.0. The average molecular weight is 444 g/mol. The van der Waals surface area contributed by atoms with Crippen LogP contribution in [0.15, 0.2) is 59.5 Å². The molecule has 1 saturated carbocycles. The Morgan fingerprint density at radius 3 is 2.53 bits per heavy atom. The number of alkyl halides is 3. The molecule has 7 nitrogen and oxygen atoms in total. The third-order valence-corrected chi connectivity index (χ3v) is 4.82. The van der Waals surface area contributed by atoms with Crippen molar-refractivity contribution in [2.24, 2.45) is 7.05 Å². The number of aromatic nitrogens is 2. The number of anilines is 2. The summed E-state index contributed by atoms with van der Waals surface area (Å²) in [5, 5.41) is 9.68. The van der Waals surface area contributed by atoms with Crippen molar-refractivity contribution in [1.29, 1.82) is 0 Å². The minimum absolute atomic E-state index is 0.00454. The van der Waals surface area contributed by atoms with Crippen molar-refractivity contribution in [3.8, 4) is 11.5 Å².